The minimum Gasteiger partial charge on any atom is -0.465 e. The lowest BCUT2D eigenvalue weighted by Crippen LogP contribution is -2.40. The summed E-state index contributed by atoms with van der Waals surface area (Å²) in [6, 6.07) is 0.0787. The SMILES string of the molecule is CC(NC(=O)O)C1CNCC12CC2. The van der Waals surface area contributed by atoms with Gasteiger partial charge in [0.15, 0.2) is 0 Å². The van der Waals surface area contributed by atoms with Gasteiger partial charge in [-0.2, -0.15) is 0 Å². The Morgan fingerprint density at radius 1 is 1.69 bits per heavy atom. The summed E-state index contributed by atoms with van der Waals surface area (Å²) in [5, 5.41) is 14.5. The molecule has 13 heavy (non-hydrogen) atoms. The Labute approximate surface area is 77.7 Å². The van der Waals surface area contributed by atoms with Gasteiger partial charge in [0.2, 0.25) is 0 Å². The van der Waals surface area contributed by atoms with E-state index in [1.54, 1.807) is 0 Å². The molecule has 1 saturated heterocycles. The van der Waals surface area contributed by atoms with Crippen molar-refractivity contribution < 1.29 is 9.90 Å². The molecule has 4 heteroatoms. The maximum absolute atomic E-state index is 10.5. The minimum atomic E-state index is -0.907. The number of carbonyl (C=O) groups is 1. The Hall–Kier alpha value is -0.770. The highest BCUT2D eigenvalue weighted by Crippen LogP contribution is 2.54. The maximum Gasteiger partial charge on any atom is 0.404 e. The first-order valence-electron chi connectivity index (χ1n) is 4.84. The van der Waals surface area contributed by atoms with Crippen molar-refractivity contribution >= 4 is 6.09 Å². The molecular weight excluding hydrogens is 168 g/mol. The monoisotopic (exact) mass is 184 g/mol. The summed E-state index contributed by atoms with van der Waals surface area (Å²) >= 11 is 0. The largest absolute Gasteiger partial charge is 0.465 e. The van der Waals surface area contributed by atoms with Gasteiger partial charge in [-0.05, 0) is 31.1 Å². The van der Waals surface area contributed by atoms with E-state index in [0.717, 1.165) is 13.1 Å². The second-order valence-corrected chi connectivity index (χ2v) is 4.34. The molecule has 74 valence electrons. The molecule has 1 aliphatic heterocycles. The number of nitrogens with one attached hydrogen (secondary N) is 2. The summed E-state index contributed by atoms with van der Waals surface area (Å²) in [6.07, 6.45) is 1.61. The third-order valence-electron chi connectivity index (χ3n) is 3.47. The van der Waals surface area contributed by atoms with Crippen LogP contribution in [0.1, 0.15) is 19.8 Å². The van der Waals surface area contributed by atoms with Crippen molar-refractivity contribution in [2.45, 2.75) is 25.8 Å². The van der Waals surface area contributed by atoms with E-state index < -0.39 is 6.09 Å². The van der Waals surface area contributed by atoms with Gasteiger partial charge in [0.1, 0.15) is 0 Å². The lowest BCUT2D eigenvalue weighted by Gasteiger charge is -2.24. The number of rotatable bonds is 2. The topological polar surface area (TPSA) is 61.4 Å². The van der Waals surface area contributed by atoms with Gasteiger partial charge < -0.3 is 15.7 Å². The molecule has 2 unspecified atom stereocenters. The van der Waals surface area contributed by atoms with Crippen LogP contribution in [-0.2, 0) is 0 Å². The van der Waals surface area contributed by atoms with Gasteiger partial charge in [-0.25, -0.2) is 4.79 Å². The van der Waals surface area contributed by atoms with E-state index in [4.69, 9.17) is 5.11 Å². The fourth-order valence-electron chi connectivity index (χ4n) is 2.53. The van der Waals surface area contributed by atoms with Crippen molar-refractivity contribution in [2.75, 3.05) is 13.1 Å². The summed E-state index contributed by atoms with van der Waals surface area (Å²) in [5.41, 5.74) is 0.432. The first-order valence-corrected chi connectivity index (χ1v) is 4.84. The molecule has 2 rings (SSSR count). The molecule has 0 radical (unpaired) electrons. The fourth-order valence-corrected chi connectivity index (χ4v) is 2.53. The van der Waals surface area contributed by atoms with Crippen molar-refractivity contribution in [2.24, 2.45) is 11.3 Å². The van der Waals surface area contributed by atoms with Gasteiger partial charge in [-0.1, -0.05) is 0 Å². The fraction of sp³-hybridized carbons (Fsp3) is 0.889. The van der Waals surface area contributed by atoms with E-state index in [2.05, 4.69) is 10.6 Å². The molecular formula is C9H16N2O2. The Morgan fingerprint density at radius 3 is 2.92 bits per heavy atom. The number of amides is 1. The van der Waals surface area contributed by atoms with Crippen molar-refractivity contribution in [3.05, 3.63) is 0 Å². The third kappa shape index (κ3) is 1.50. The molecule has 1 spiro atoms. The smallest absolute Gasteiger partial charge is 0.404 e. The first-order chi connectivity index (χ1) is 6.14. The molecule has 1 aliphatic carbocycles. The van der Waals surface area contributed by atoms with Crippen LogP contribution in [0, 0.1) is 11.3 Å². The zero-order valence-corrected chi connectivity index (χ0v) is 7.84. The predicted molar refractivity (Wildman–Crippen MR) is 48.6 cm³/mol. The Morgan fingerprint density at radius 2 is 2.38 bits per heavy atom. The van der Waals surface area contributed by atoms with Crippen LogP contribution in [0.3, 0.4) is 0 Å². The standard InChI is InChI=1S/C9H16N2O2/c1-6(11-8(12)13)7-4-10-5-9(7)2-3-9/h6-7,10-11H,2-5H2,1H3,(H,12,13). The van der Waals surface area contributed by atoms with Crippen LogP contribution in [0.25, 0.3) is 0 Å². The molecule has 4 nitrogen and oxygen atoms in total. The second kappa shape index (κ2) is 2.87. The Balaban J connectivity index is 1.95. The highest BCUT2D eigenvalue weighted by atomic mass is 16.4. The van der Waals surface area contributed by atoms with Gasteiger partial charge in [0.25, 0.3) is 0 Å². The van der Waals surface area contributed by atoms with E-state index in [1.807, 2.05) is 6.92 Å². The van der Waals surface area contributed by atoms with Crippen LogP contribution < -0.4 is 10.6 Å². The summed E-state index contributed by atoms with van der Waals surface area (Å²) in [5.74, 6) is 0.489. The van der Waals surface area contributed by atoms with E-state index in [1.165, 1.54) is 12.8 Å². The van der Waals surface area contributed by atoms with Crippen LogP contribution in [-0.4, -0.2) is 30.3 Å². The summed E-state index contributed by atoms with van der Waals surface area (Å²) in [7, 11) is 0. The van der Waals surface area contributed by atoms with Gasteiger partial charge in [-0.3, -0.25) is 0 Å². The van der Waals surface area contributed by atoms with Gasteiger partial charge in [-0.15, -0.1) is 0 Å². The van der Waals surface area contributed by atoms with Crippen molar-refractivity contribution in [3.63, 3.8) is 0 Å². The zero-order chi connectivity index (χ0) is 9.47. The zero-order valence-electron chi connectivity index (χ0n) is 7.84. The molecule has 2 aliphatic rings. The molecule has 2 atom stereocenters. The quantitative estimate of drug-likeness (QED) is 0.590. The van der Waals surface area contributed by atoms with Crippen LogP contribution in [0.2, 0.25) is 0 Å². The summed E-state index contributed by atoms with van der Waals surface area (Å²) in [6.45, 7) is 4.00. The van der Waals surface area contributed by atoms with Crippen LogP contribution in [0.5, 0.6) is 0 Å². The molecule has 1 saturated carbocycles. The molecule has 0 bridgehead atoms. The van der Waals surface area contributed by atoms with Crippen molar-refractivity contribution in [1.29, 1.82) is 0 Å². The van der Waals surface area contributed by atoms with Gasteiger partial charge >= 0.3 is 6.09 Å². The summed E-state index contributed by atoms with van der Waals surface area (Å²) in [4.78, 5) is 10.5. The van der Waals surface area contributed by atoms with Gasteiger partial charge in [0.05, 0.1) is 0 Å². The highest BCUT2D eigenvalue weighted by molar-refractivity contribution is 5.64. The van der Waals surface area contributed by atoms with Crippen LogP contribution in [0.15, 0.2) is 0 Å². The van der Waals surface area contributed by atoms with E-state index in [9.17, 15) is 4.79 Å². The van der Waals surface area contributed by atoms with E-state index in [0.29, 0.717) is 11.3 Å². The number of carboxylic acid groups (broad SMARTS) is 1. The van der Waals surface area contributed by atoms with Gasteiger partial charge in [0, 0.05) is 19.1 Å². The van der Waals surface area contributed by atoms with Crippen molar-refractivity contribution in [3.8, 4) is 0 Å². The van der Waals surface area contributed by atoms with Crippen LogP contribution in [0.4, 0.5) is 4.79 Å². The average molecular weight is 184 g/mol. The average Bonchev–Trinajstić information content (AvgIpc) is 2.60. The third-order valence-corrected chi connectivity index (χ3v) is 3.47. The highest BCUT2D eigenvalue weighted by Gasteiger charge is 2.53. The molecule has 1 heterocycles. The molecule has 0 aromatic heterocycles. The number of hydrogen-bond acceptors (Lipinski definition) is 2. The number of hydrogen-bond donors (Lipinski definition) is 3. The Kier molecular flexibility index (Phi) is 1.95. The normalized spacial score (nSPS) is 31.6. The molecule has 3 N–H and O–H groups in total. The predicted octanol–water partition coefficient (Wildman–Crippen LogP) is 0.642. The van der Waals surface area contributed by atoms with Crippen molar-refractivity contribution in [1.82, 2.24) is 10.6 Å². The second-order valence-electron chi connectivity index (χ2n) is 4.34. The lowest BCUT2D eigenvalue weighted by atomic mass is 9.87. The molecule has 1 amide bonds. The van der Waals surface area contributed by atoms with E-state index in [-0.39, 0.29) is 6.04 Å². The molecule has 0 aromatic carbocycles. The Bertz CT molecular complexity index is 226. The maximum atomic E-state index is 10.5. The minimum absolute atomic E-state index is 0.0787. The van der Waals surface area contributed by atoms with E-state index >= 15 is 0 Å². The lowest BCUT2D eigenvalue weighted by molar-refractivity contribution is 0.182. The summed E-state index contributed by atoms with van der Waals surface area (Å²) < 4.78 is 0. The molecule has 0 aromatic rings. The first kappa shape index (κ1) is 8.81. The van der Waals surface area contributed by atoms with Crippen LogP contribution >= 0.6 is 0 Å². The molecule has 2 fully saturated rings.